The maximum Gasteiger partial charge on any atom is 0.0440 e. The van der Waals surface area contributed by atoms with Gasteiger partial charge in [0.15, 0.2) is 0 Å². The van der Waals surface area contributed by atoms with Crippen LogP contribution in [0.5, 0.6) is 0 Å². The normalized spacial score (nSPS) is 25.2. The number of likely N-dealkylation sites (tertiary alicyclic amines) is 1. The zero-order chi connectivity index (χ0) is 10.7. The van der Waals surface area contributed by atoms with Gasteiger partial charge in [-0.05, 0) is 31.7 Å². The predicted octanol–water partition coefficient (Wildman–Crippen LogP) is 2.38. The van der Waals surface area contributed by atoms with E-state index in [1.165, 1.54) is 64.6 Å². The summed E-state index contributed by atoms with van der Waals surface area (Å²) < 4.78 is 0. The number of hydrogen-bond donors (Lipinski definition) is 1. The summed E-state index contributed by atoms with van der Waals surface area (Å²) in [5.41, 5.74) is 6.53. The summed E-state index contributed by atoms with van der Waals surface area (Å²) >= 11 is 0. The Morgan fingerprint density at radius 3 is 2.40 bits per heavy atom. The molecule has 15 heavy (non-hydrogen) atoms. The minimum absolute atomic E-state index is 0.226. The van der Waals surface area contributed by atoms with Crippen molar-refractivity contribution in [2.24, 2.45) is 11.7 Å². The number of nitrogens with two attached hydrogens (primary N) is 1. The minimum Gasteiger partial charge on any atom is -0.323 e. The van der Waals surface area contributed by atoms with Crippen LogP contribution >= 0.6 is 0 Å². The zero-order valence-corrected chi connectivity index (χ0v) is 10.2. The molecule has 0 radical (unpaired) electrons. The van der Waals surface area contributed by atoms with E-state index in [1.807, 2.05) is 0 Å². The van der Waals surface area contributed by atoms with Crippen molar-refractivity contribution in [1.82, 2.24) is 4.90 Å². The van der Waals surface area contributed by atoms with Crippen molar-refractivity contribution in [1.29, 1.82) is 0 Å². The first kappa shape index (κ1) is 11.4. The monoisotopic (exact) mass is 210 g/mol. The van der Waals surface area contributed by atoms with E-state index in [0.29, 0.717) is 0 Å². The van der Waals surface area contributed by atoms with E-state index in [4.69, 9.17) is 5.73 Å². The van der Waals surface area contributed by atoms with Gasteiger partial charge in [0.1, 0.15) is 0 Å². The highest BCUT2D eigenvalue weighted by atomic mass is 15.3. The van der Waals surface area contributed by atoms with E-state index >= 15 is 0 Å². The van der Waals surface area contributed by atoms with Gasteiger partial charge < -0.3 is 5.73 Å². The van der Waals surface area contributed by atoms with E-state index in [9.17, 15) is 0 Å². The molecule has 2 N–H and O–H groups in total. The average molecular weight is 210 g/mol. The lowest BCUT2D eigenvalue weighted by Crippen LogP contribution is -2.68. The van der Waals surface area contributed by atoms with Crippen LogP contribution in [0.4, 0.5) is 0 Å². The van der Waals surface area contributed by atoms with Crippen LogP contribution in [-0.4, -0.2) is 30.1 Å². The van der Waals surface area contributed by atoms with E-state index in [2.05, 4.69) is 11.8 Å². The summed E-state index contributed by atoms with van der Waals surface area (Å²) in [5, 5.41) is 0. The topological polar surface area (TPSA) is 29.3 Å². The van der Waals surface area contributed by atoms with Gasteiger partial charge in [0.2, 0.25) is 0 Å². The zero-order valence-electron chi connectivity index (χ0n) is 10.2. The highest BCUT2D eigenvalue weighted by Gasteiger charge is 2.49. The number of hydrogen-bond acceptors (Lipinski definition) is 2. The van der Waals surface area contributed by atoms with E-state index in [0.717, 1.165) is 5.92 Å². The first-order valence-corrected chi connectivity index (χ1v) is 6.76. The van der Waals surface area contributed by atoms with Crippen molar-refractivity contribution in [2.45, 2.75) is 57.4 Å². The lowest BCUT2D eigenvalue weighted by Gasteiger charge is -2.48. The Hall–Kier alpha value is -0.0800. The van der Waals surface area contributed by atoms with Crippen LogP contribution in [0.25, 0.3) is 0 Å². The molecule has 0 unspecified atom stereocenters. The molecule has 0 aromatic carbocycles. The van der Waals surface area contributed by atoms with Gasteiger partial charge in [-0.1, -0.05) is 32.6 Å². The van der Waals surface area contributed by atoms with Crippen LogP contribution in [0.1, 0.15) is 51.9 Å². The van der Waals surface area contributed by atoms with Gasteiger partial charge >= 0.3 is 0 Å². The van der Waals surface area contributed by atoms with Gasteiger partial charge in [-0.2, -0.15) is 0 Å². The Kier molecular flexibility index (Phi) is 3.68. The van der Waals surface area contributed by atoms with Crippen molar-refractivity contribution in [3.8, 4) is 0 Å². The Morgan fingerprint density at radius 2 is 1.80 bits per heavy atom. The van der Waals surface area contributed by atoms with E-state index < -0.39 is 0 Å². The van der Waals surface area contributed by atoms with Crippen molar-refractivity contribution in [2.75, 3.05) is 19.6 Å². The van der Waals surface area contributed by atoms with E-state index in [-0.39, 0.29) is 5.54 Å². The molecular formula is C13H26N2. The van der Waals surface area contributed by atoms with Crippen LogP contribution in [-0.2, 0) is 0 Å². The van der Waals surface area contributed by atoms with Gasteiger partial charge in [-0.25, -0.2) is 0 Å². The molecule has 0 atom stereocenters. The summed E-state index contributed by atoms with van der Waals surface area (Å²) in [6, 6.07) is 0. The molecule has 1 saturated heterocycles. The van der Waals surface area contributed by atoms with Crippen molar-refractivity contribution < 1.29 is 0 Å². The maximum absolute atomic E-state index is 6.31. The molecule has 1 aliphatic carbocycles. The summed E-state index contributed by atoms with van der Waals surface area (Å²) in [6.45, 7) is 5.90. The molecule has 2 nitrogen and oxygen atoms in total. The van der Waals surface area contributed by atoms with Gasteiger partial charge in [0.25, 0.3) is 0 Å². The van der Waals surface area contributed by atoms with Crippen LogP contribution < -0.4 is 5.73 Å². The number of rotatable bonds is 7. The third-order valence-electron chi connectivity index (χ3n) is 4.00. The molecule has 0 amide bonds. The second-order valence-electron chi connectivity index (χ2n) is 5.63. The quantitative estimate of drug-likeness (QED) is 0.654. The molecule has 2 fully saturated rings. The summed E-state index contributed by atoms with van der Waals surface area (Å²) in [4.78, 5) is 2.55. The predicted molar refractivity (Wildman–Crippen MR) is 64.8 cm³/mol. The molecule has 88 valence electrons. The third-order valence-corrected chi connectivity index (χ3v) is 4.00. The highest BCUT2D eigenvalue weighted by Crippen LogP contribution is 2.42. The Labute approximate surface area is 94.2 Å². The highest BCUT2D eigenvalue weighted by molar-refractivity contribution is 5.08. The largest absolute Gasteiger partial charge is 0.323 e. The first-order valence-electron chi connectivity index (χ1n) is 6.76. The average Bonchev–Trinajstić information content (AvgIpc) is 2.97. The summed E-state index contributed by atoms with van der Waals surface area (Å²) in [6.07, 6.45) is 9.73. The van der Waals surface area contributed by atoms with Gasteiger partial charge in [-0.3, -0.25) is 4.90 Å². The lowest BCUT2D eigenvalue weighted by atomic mass is 9.85. The Bertz CT molecular complexity index is 193. The fourth-order valence-corrected chi connectivity index (χ4v) is 2.80. The molecule has 0 aromatic heterocycles. The van der Waals surface area contributed by atoms with E-state index in [1.54, 1.807) is 0 Å². The van der Waals surface area contributed by atoms with Crippen molar-refractivity contribution >= 4 is 0 Å². The molecule has 0 spiro atoms. The smallest absolute Gasteiger partial charge is 0.0440 e. The Morgan fingerprint density at radius 1 is 1.13 bits per heavy atom. The minimum atomic E-state index is 0.226. The molecule has 1 saturated carbocycles. The number of unbranched alkanes of at least 4 members (excludes halogenated alkanes) is 4. The third kappa shape index (κ3) is 2.94. The molecule has 2 aliphatic rings. The van der Waals surface area contributed by atoms with Crippen molar-refractivity contribution in [3.63, 3.8) is 0 Å². The lowest BCUT2D eigenvalue weighted by molar-refractivity contribution is 0.0533. The van der Waals surface area contributed by atoms with Gasteiger partial charge in [-0.15, -0.1) is 0 Å². The van der Waals surface area contributed by atoms with Crippen LogP contribution in [0.15, 0.2) is 0 Å². The molecule has 2 heteroatoms. The van der Waals surface area contributed by atoms with Gasteiger partial charge in [0, 0.05) is 18.6 Å². The standard InChI is InChI=1S/C13H26N2/c1-2-3-4-5-6-9-15-10-13(14,11-15)12-7-8-12/h12H,2-11,14H2,1H3. The summed E-state index contributed by atoms with van der Waals surface area (Å²) in [5.74, 6) is 0.869. The maximum atomic E-state index is 6.31. The molecule has 1 aliphatic heterocycles. The number of nitrogens with zero attached hydrogens (tertiary/aromatic N) is 1. The first-order chi connectivity index (χ1) is 7.24. The second-order valence-corrected chi connectivity index (χ2v) is 5.63. The fourth-order valence-electron chi connectivity index (χ4n) is 2.80. The SMILES string of the molecule is CCCCCCCN1CC(N)(C2CC2)C1. The van der Waals surface area contributed by atoms with Gasteiger partial charge in [0.05, 0.1) is 0 Å². The molecule has 2 rings (SSSR count). The Balaban J connectivity index is 1.48. The molecule has 0 bridgehead atoms. The fraction of sp³-hybridized carbons (Fsp3) is 1.00. The van der Waals surface area contributed by atoms with Crippen LogP contribution in [0.2, 0.25) is 0 Å². The molecule has 0 aromatic rings. The molecular weight excluding hydrogens is 184 g/mol. The van der Waals surface area contributed by atoms with Crippen LogP contribution in [0.3, 0.4) is 0 Å². The molecule has 1 heterocycles. The summed E-state index contributed by atoms with van der Waals surface area (Å²) in [7, 11) is 0. The second kappa shape index (κ2) is 4.84. The van der Waals surface area contributed by atoms with Crippen molar-refractivity contribution in [3.05, 3.63) is 0 Å². The van der Waals surface area contributed by atoms with Crippen LogP contribution in [0, 0.1) is 5.92 Å².